The zero-order chi connectivity index (χ0) is 15.1. The van der Waals surface area contributed by atoms with Gasteiger partial charge in [0.1, 0.15) is 5.82 Å². The lowest BCUT2D eigenvalue weighted by Gasteiger charge is -2.10. The summed E-state index contributed by atoms with van der Waals surface area (Å²) >= 11 is 1.78. The lowest BCUT2D eigenvalue weighted by molar-refractivity contribution is 0.627. The van der Waals surface area contributed by atoms with Crippen molar-refractivity contribution in [1.29, 1.82) is 0 Å². The third-order valence-electron chi connectivity index (χ3n) is 2.90. The van der Waals surface area contributed by atoms with Gasteiger partial charge in [-0.2, -0.15) is 0 Å². The van der Waals surface area contributed by atoms with Crippen LogP contribution in [-0.2, 0) is 13.1 Å². The first-order valence-electron chi connectivity index (χ1n) is 6.99. The minimum atomic E-state index is -0.221. The zero-order valence-corrected chi connectivity index (χ0v) is 15.9. The van der Waals surface area contributed by atoms with Crippen molar-refractivity contribution in [2.75, 3.05) is 6.54 Å². The molecule has 0 unspecified atom stereocenters. The fourth-order valence-corrected chi connectivity index (χ4v) is 2.68. The fourth-order valence-electron chi connectivity index (χ4n) is 1.85. The van der Waals surface area contributed by atoms with Crippen molar-refractivity contribution >= 4 is 41.3 Å². The van der Waals surface area contributed by atoms with E-state index in [0.29, 0.717) is 6.54 Å². The fraction of sp³-hybridized carbons (Fsp3) is 0.312. The molecule has 0 aliphatic rings. The Hall–Kier alpha value is -1.15. The van der Waals surface area contributed by atoms with Crippen LogP contribution in [0.15, 0.2) is 41.4 Å². The van der Waals surface area contributed by atoms with E-state index in [1.54, 1.807) is 23.5 Å². The van der Waals surface area contributed by atoms with Gasteiger partial charge in [0.25, 0.3) is 0 Å². The van der Waals surface area contributed by atoms with E-state index in [0.717, 1.165) is 24.6 Å². The highest BCUT2D eigenvalue weighted by Gasteiger charge is 2.00. The minimum absolute atomic E-state index is 0. The summed E-state index contributed by atoms with van der Waals surface area (Å²) in [7, 11) is 0. The quantitative estimate of drug-likeness (QED) is 0.424. The van der Waals surface area contributed by atoms with E-state index in [4.69, 9.17) is 0 Å². The second kappa shape index (κ2) is 9.78. The van der Waals surface area contributed by atoms with Crippen LogP contribution < -0.4 is 10.6 Å². The summed E-state index contributed by atoms with van der Waals surface area (Å²) in [5.41, 5.74) is 0.987. The van der Waals surface area contributed by atoms with Crippen LogP contribution in [-0.4, -0.2) is 12.5 Å². The second-order valence-corrected chi connectivity index (χ2v) is 6.06. The topological polar surface area (TPSA) is 36.4 Å². The van der Waals surface area contributed by atoms with E-state index in [1.165, 1.54) is 21.9 Å². The van der Waals surface area contributed by atoms with Gasteiger partial charge in [0.2, 0.25) is 0 Å². The lowest BCUT2D eigenvalue weighted by atomic mass is 10.2. The van der Waals surface area contributed by atoms with Gasteiger partial charge in [-0.05, 0) is 43.7 Å². The first-order valence-corrected chi connectivity index (χ1v) is 7.81. The average molecular weight is 433 g/mol. The highest BCUT2D eigenvalue weighted by Crippen LogP contribution is 2.14. The van der Waals surface area contributed by atoms with Crippen molar-refractivity contribution in [3.05, 3.63) is 57.5 Å². The van der Waals surface area contributed by atoms with Gasteiger partial charge < -0.3 is 10.6 Å². The highest BCUT2D eigenvalue weighted by atomic mass is 127. The Balaban J connectivity index is 0.00000242. The van der Waals surface area contributed by atoms with E-state index in [2.05, 4.69) is 34.7 Å². The number of halogens is 2. The molecule has 0 fully saturated rings. The summed E-state index contributed by atoms with van der Waals surface area (Å²) in [5, 5.41) is 6.52. The number of aryl methyl sites for hydroxylation is 1. The Labute approximate surface area is 152 Å². The average Bonchev–Trinajstić information content (AvgIpc) is 2.89. The SMILES string of the molecule is CCNC(=NCc1ccc(F)cc1)NCc1ccc(C)s1.I. The van der Waals surface area contributed by atoms with Crippen molar-refractivity contribution in [3.63, 3.8) is 0 Å². The predicted molar refractivity (Wildman–Crippen MR) is 103 cm³/mol. The molecule has 2 rings (SSSR count). The van der Waals surface area contributed by atoms with Crippen molar-refractivity contribution in [2.24, 2.45) is 4.99 Å². The first kappa shape index (κ1) is 18.9. The smallest absolute Gasteiger partial charge is 0.191 e. The van der Waals surface area contributed by atoms with Crippen molar-refractivity contribution in [1.82, 2.24) is 10.6 Å². The predicted octanol–water partition coefficient (Wildman–Crippen LogP) is 4.07. The molecule has 1 heterocycles. The van der Waals surface area contributed by atoms with Gasteiger partial charge in [-0.25, -0.2) is 9.38 Å². The highest BCUT2D eigenvalue weighted by molar-refractivity contribution is 14.0. The Morgan fingerprint density at radius 2 is 1.86 bits per heavy atom. The number of thiophene rings is 1. The Kier molecular flexibility index (Phi) is 8.40. The third kappa shape index (κ3) is 6.31. The van der Waals surface area contributed by atoms with Gasteiger partial charge in [-0.15, -0.1) is 35.3 Å². The van der Waals surface area contributed by atoms with Crippen LogP contribution in [0.2, 0.25) is 0 Å². The van der Waals surface area contributed by atoms with Crippen LogP contribution in [0, 0.1) is 12.7 Å². The summed E-state index contributed by atoms with van der Waals surface area (Å²) in [4.78, 5) is 7.10. The Morgan fingerprint density at radius 1 is 1.14 bits per heavy atom. The molecule has 0 bridgehead atoms. The molecular weight excluding hydrogens is 412 g/mol. The molecule has 0 spiro atoms. The first-order chi connectivity index (χ1) is 10.2. The summed E-state index contributed by atoms with van der Waals surface area (Å²) in [6, 6.07) is 10.7. The van der Waals surface area contributed by atoms with Crippen LogP contribution in [0.1, 0.15) is 22.2 Å². The molecule has 0 amide bonds. The molecule has 2 aromatic rings. The van der Waals surface area contributed by atoms with Crippen LogP contribution >= 0.6 is 35.3 Å². The van der Waals surface area contributed by atoms with Gasteiger partial charge in [0.05, 0.1) is 13.1 Å². The number of benzene rings is 1. The molecule has 0 saturated carbocycles. The van der Waals surface area contributed by atoms with Gasteiger partial charge in [-0.3, -0.25) is 0 Å². The molecule has 2 N–H and O–H groups in total. The summed E-state index contributed by atoms with van der Waals surface area (Å²) in [5.74, 6) is 0.550. The zero-order valence-electron chi connectivity index (χ0n) is 12.7. The van der Waals surface area contributed by atoms with Gasteiger partial charge in [0, 0.05) is 16.3 Å². The van der Waals surface area contributed by atoms with Crippen molar-refractivity contribution in [2.45, 2.75) is 26.9 Å². The Morgan fingerprint density at radius 3 is 2.45 bits per heavy atom. The molecule has 0 aliphatic carbocycles. The van der Waals surface area contributed by atoms with E-state index < -0.39 is 0 Å². The number of guanidine groups is 1. The summed E-state index contributed by atoms with van der Waals surface area (Å²) < 4.78 is 12.9. The summed E-state index contributed by atoms with van der Waals surface area (Å²) in [6.07, 6.45) is 0. The molecule has 0 atom stereocenters. The number of aliphatic imine (C=N–C) groups is 1. The normalized spacial score (nSPS) is 11.0. The maximum absolute atomic E-state index is 12.9. The monoisotopic (exact) mass is 433 g/mol. The molecule has 3 nitrogen and oxygen atoms in total. The molecule has 0 saturated heterocycles. The maximum atomic E-state index is 12.9. The minimum Gasteiger partial charge on any atom is -0.357 e. The van der Waals surface area contributed by atoms with E-state index in [9.17, 15) is 4.39 Å². The molecule has 0 radical (unpaired) electrons. The number of nitrogens with zero attached hydrogens (tertiary/aromatic N) is 1. The standard InChI is InChI=1S/C16H20FN3S.HI/c1-3-18-16(20-11-15-9-4-12(2)21-15)19-10-13-5-7-14(17)8-6-13;/h4-9H,3,10-11H2,1-2H3,(H2,18,19,20);1H. The van der Waals surface area contributed by atoms with Crippen LogP contribution in [0.5, 0.6) is 0 Å². The van der Waals surface area contributed by atoms with Crippen molar-refractivity contribution in [3.8, 4) is 0 Å². The van der Waals surface area contributed by atoms with Crippen LogP contribution in [0.4, 0.5) is 4.39 Å². The van der Waals surface area contributed by atoms with Gasteiger partial charge in [-0.1, -0.05) is 12.1 Å². The van der Waals surface area contributed by atoms with Gasteiger partial charge in [0.15, 0.2) is 5.96 Å². The molecular formula is C16H21FIN3S. The molecule has 1 aromatic heterocycles. The number of hydrogen-bond donors (Lipinski definition) is 2. The van der Waals surface area contributed by atoms with E-state index in [1.807, 2.05) is 6.92 Å². The van der Waals surface area contributed by atoms with Crippen LogP contribution in [0.3, 0.4) is 0 Å². The molecule has 0 aliphatic heterocycles. The third-order valence-corrected chi connectivity index (χ3v) is 3.90. The largest absolute Gasteiger partial charge is 0.357 e. The van der Waals surface area contributed by atoms with E-state index >= 15 is 0 Å². The Bertz CT molecular complexity index is 596. The number of hydrogen-bond acceptors (Lipinski definition) is 2. The molecule has 6 heteroatoms. The molecule has 22 heavy (non-hydrogen) atoms. The second-order valence-electron chi connectivity index (χ2n) is 4.69. The molecule has 120 valence electrons. The van der Waals surface area contributed by atoms with Gasteiger partial charge >= 0.3 is 0 Å². The molecule has 1 aromatic carbocycles. The van der Waals surface area contributed by atoms with Crippen molar-refractivity contribution < 1.29 is 4.39 Å². The van der Waals surface area contributed by atoms with Crippen LogP contribution in [0.25, 0.3) is 0 Å². The lowest BCUT2D eigenvalue weighted by Crippen LogP contribution is -2.36. The van der Waals surface area contributed by atoms with E-state index in [-0.39, 0.29) is 29.8 Å². The maximum Gasteiger partial charge on any atom is 0.191 e. The number of nitrogens with one attached hydrogen (secondary N) is 2. The number of rotatable bonds is 5. The summed E-state index contributed by atoms with van der Waals surface area (Å²) in [6.45, 7) is 6.22.